The standard InChI is InChI=1S/C15H22N4OS/c1-6-8-16-13-9(3)14(19-12(7-2)18-13)21-15-17-10(4)11(5)20-15/h6-8H2,1-5H3,(H,16,18,19). The number of aromatic nitrogens is 3. The molecule has 0 bridgehead atoms. The maximum Gasteiger partial charge on any atom is 0.262 e. The van der Waals surface area contributed by atoms with Crippen molar-refractivity contribution in [3.8, 4) is 0 Å². The van der Waals surface area contributed by atoms with Gasteiger partial charge in [-0.2, -0.15) is 0 Å². The van der Waals surface area contributed by atoms with Crippen molar-refractivity contribution in [3.05, 3.63) is 22.8 Å². The van der Waals surface area contributed by atoms with Crippen molar-refractivity contribution < 1.29 is 4.42 Å². The van der Waals surface area contributed by atoms with Crippen LogP contribution >= 0.6 is 11.8 Å². The molecule has 2 aromatic rings. The summed E-state index contributed by atoms with van der Waals surface area (Å²) in [6, 6.07) is 0. The molecular formula is C15H22N4OS. The number of nitrogens with one attached hydrogen (secondary N) is 1. The molecule has 0 saturated carbocycles. The molecule has 0 saturated heterocycles. The Balaban J connectivity index is 2.32. The van der Waals surface area contributed by atoms with Crippen molar-refractivity contribution in [1.82, 2.24) is 15.0 Å². The molecule has 2 heterocycles. The molecule has 0 atom stereocenters. The van der Waals surface area contributed by atoms with E-state index in [1.54, 1.807) is 0 Å². The van der Waals surface area contributed by atoms with Crippen molar-refractivity contribution in [2.24, 2.45) is 0 Å². The Labute approximate surface area is 130 Å². The van der Waals surface area contributed by atoms with Crippen LogP contribution in [0.2, 0.25) is 0 Å². The van der Waals surface area contributed by atoms with Gasteiger partial charge in [0.05, 0.1) is 5.69 Å². The third-order valence-corrected chi connectivity index (χ3v) is 4.14. The average Bonchev–Trinajstić information content (AvgIpc) is 2.78. The van der Waals surface area contributed by atoms with E-state index >= 15 is 0 Å². The normalized spacial score (nSPS) is 10.9. The van der Waals surface area contributed by atoms with E-state index in [0.717, 1.165) is 53.1 Å². The SMILES string of the molecule is CCCNc1nc(CC)nc(Sc2nc(C)c(C)o2)c1C. The van der Waals surface area contributed by atoms with Crippen LogP contribution < -0.4 is 5.32 Å². The summed E-state index contributed by atoms with van der Waals surface area (Å²) in [5.74, 6) is 2.59. The number of rotatable bonds is 6. The number of aryl methyl sites for hydroxylation is 3. The fourth-order valence-corrected chi connectivity index (χ4v) is 2.70. The van der Waals surface area contributed by atoms with E-state index in [9.17, 15) is 0 Å². The molecule has 0 amide bonds. The van der Waals surface area contributed by atoms with Crippen LogP contribution in [0.15, 0.2) is 14.7 Å². The maximum atomic E-state index is 5.64. The fraction of sp³-hybridized carbons (Fsp3) is 0.533. The molecule has 0 aromatic carbocycles. The lowest BCUT2D eigenvalue weighted by Gasteiger charge is -2.11. The Morgan fingerprint density at radius 2 is 1.86 bits per heavy atom. The predicted octanol–water partition coefficient (Wildman–Crippen LogP) is 3.93. The van der Waals surface area contributed by atoms with Crippen LogP contribution in [0.3, 0.4) is 0 Å². The lowest BCUT2D eigenvalue weighted by Crippen LogP contribution is -2.08. The van der Waals surface area contributed by atoms with Crippen molar-refractivity contribution >= 4 is 17.6 Å². The van der Waals surface area contributed by atoms with E-state index in [1.165, 1.54) is 11.8 Å². The topological polar surface area (TPSA) is 63.8 Å². The molecule has 21 heavy (non-hydrogen) atoms. The van der Waals surface area contributed by atoms with Gasteiger partial charge in [-0.05, 0) is 39.0 Å². The second-order valence-corrected chi connectivity index (χ2v) is 5.86. The molecule has 0 unspecified atom stereocenters. The Kier molecular flexibility index (Phi) is 5.22. The van der Waals surface area contributed by atoms with E-state index in [-0.39, 0.29) is 0 Å². The van der Waals surface area contributed by atoms with Gasteiger partial charge in [-0.15, -0.1) is 0 Å². The van der Waals surface area contributed by atoms with Gasteiger partial charge in [0.15, 0.2) is 0 Å². The Hall–Kier alpha value is -1.56. The first-order chi connectivity index (χ1) is 10.0. The van der Waals surface area contributed by atoms with Gasteiger partial charge in [-0.3, -0.25) is 0 Å². The smallest absolute Gasteiger partial charge is 0.262 e. The van der Waals surface area contributed by atoms with E-state index in [4.69, 9.17) is 4.42 Å². The average molecular weight is 306 g/mol. The highest BCUT2D eigenvalue weighted by Gasteiger charge is 2.15. The van der Waals surface area contributed by atoms with Crippen LogP contribution in [0.5, 0.6) is 0 Å². The van der Waals surface area contributed by atoms with Crippen LogP contribution in [-0.2, 0) is 6.42 Å². The van der Waals surface area contributed by atoms with Crippen molar-refractivity contribution in [1.29, 1.82) is 0 Å². The Morgan fingerprint density at radius 1 is 1.10 bits per heavy atom. The van der Waals surface area contributed by atoms with Crippen LogP contribution in [0.25, 0.3) is 0 Å². The second-order valence-electron chi connectivity index (χ2n) is 4.92. The molecule has 0 fully saturated rings. The summed E-state index contributed by atoms with van der Waals surface area (Å²) in [6.07, 6.45) is 1.86. The van der Waals surface area contributed by atoms with Crippen LogP contribution in [-0.4, -0.2) is 21.5 Å². The molecule has 5 nitrogen and oxygen atoms in total. The molecule has 0 aliphatic carbocycles. The van der Waals surface area contributed by atoms with Gasteiger partial charge in [0.1, 0.15) is 22.4 Å². The molecule has 0 spiro atoms. The summed E-state index contributed by atoms with van der Waals surface area (Å²) in [5, 5.41) is 4.90. The summed E-state index contributed by atoms with van der Waals surface area (Å²) < 4.78 is 5.64. The van der Waals surface area contributed by atoms with Gasteiger partial charge in [-0.1, -0.05) is 13.8 Å². The highest BCUT2D eigenvalue weighted by molar-refractivity contribution is 7.99. The minimum atomic E-state index is 0.635. The highest BCUT2D eigenvalue weighted by Crippen LogP contribution is 2.31. The molecule has 2 rings (SSSR count). The number of oxazole rings is 1. The molecule has 0 aliphatic heterocycles. The first kappa shape index (κ1) is 15.8. The third kappa shape index (κ3) is 3.75. The van der Waals surface area contributed by atoms with Gasteiger partial charge in [0, 0.05) is 18.5 Å². The molecule has 2 aromatic heterocycles. The zero-order valence-electron chi connectivity index (χ0n) is 13.3. The summed E-state index contributed by atoms with van der Waals surface area (Å²) in [7, 11) is 0. The first-order valence-electron chi connectivity index (χ1n) is 7.28. The Morgan fingerprint density at radius 3 is 2.43 bits per heavy atom. The van der Waals surface area contributed by atoms with Crippen LogP contribution in [0.4, 0.5) is 5.82 Å². The maximum absolute atomic E-state index is 5.64. The Bertz CT molecular complexity index is 605. The number of hydrogen-bond donors (Lipinski definition) is 1. The number of hydrogen-bond acceptors (Lipinski definition) is 6. The lowest BCUT2D eigenvalue weighted by molar-refractivity contribution is 0.431. The van der Waals surface area contributed by atoms with Crippen molar-refractivity contribution in [2.75, 3.05) is 11.9 Å². The van der Waals surface area contributed by atoms with Crippen LogP contribution in [0.1, 0.15) is 43.1 Å². The minimum Gasteiger partial charge on any atom is -0.436 e. The zero-order valence-corrected chi connectivity index (χ0v) is 14.1. The third-order valence-electron chi connectivity index (χ3n) is 3.20. The van der Waals surface area contributed by atoms with E-state index in [2.05, 4.69) is 34.1 Å². The van der Waals surface area contributed by atoms with E-state index in [1.807, 2.05) is 20.8 Å². The van der Waals surface area contributed by atoms with E-state index < -0.39 is 0 Å². The minimum absolute atomic E-state index is 0.635. The van der Waals surface area contributed by atoms with Gasteiger partial charge in [0.25, 0.3) is 5.22 Å². The molecule has 1 N–H and O–H groups in total. The summed E-state index contributed by atoms with van der Waals surface area (Å²) >= 11 is 1.46. The highest BCUT2D eigenvalue weighted by atomic mass is 32.2. The molecule has 0 aliphatic rings. The van der Waals surface area contributed by atoms with Gasteiger partial charge in [0.2, 0.25) is 0 Å². The first-order valence-corrected chi connectivity index (χ1v) is 8.10. The molecular weight excluding hydrogens is 284 g/mol. The largest absolute Gasteiger partial charge is 0.436 e. The number of anilines is 1. The molecule has 6 heteroatoms. The number of nitrogens with zero attached hydrogens (tertiary/aromatic N) is 3. The van der Waals surface area contributed by atoms with Gasteiger partial charge >= 0.3 is 0 Å². The molecule has 0 radical (unpaired) electrons. The second kappa shape index (κ2) is 6.93. The zero-order chi connectivity index (χ0) is 15.4. The summed E-state index contributed by atoms with van der Waals surface area (Å²) in [4.78, 5) is 13.6. The quantitative estimate of drug-likeness (QED) is 0.816. The summed E-state index contributed by atoms with van der Waals surface area (Å²) in [6.45, 7) is 11.0. The fourth-order valence-electron chi connectivity index (χ4n) is 1.78. The van der Waals surface area contributed by atoms with Gasteiger partial charge in [-0.25, -0.2) is 15.0 Å². The predicted molar refractivity (Wildman–Crippen MR) is 85.0 cm³/mol. The van der Waals surface area contributed by atoms with Crippen LogP contribution in [0, 0.1) is 20.8 Å². The van der Waals surface area contributed by atoms with Crippen molar-refractivity contribution in [3.63, 3.8) is 0 Å². The lowest BCUT2D eigenvalue weighted by atomic mass is 10.3. The monoisotopic (exact) mass is 306 g/mol. The van der Waals surface area contributed by atoms with E-state index in [0.29, 0.717) is 5.22 Å². The summed E-state index contributed by atoms with van der Waals surface area (Å²) in [5.41, 5.74) is 1.96. The molecule has 114 valence electrons. The van der Waals surface area contributed by atoms with Crippen molar-refractivity contribution in [2.45, 2.75) is 57.7 Å². The van der Waals surface area contributed by atoms with Gasteiger partial charge < -0.3 is 9.73 Å².